The third-order valence-corrected chi connectivity index (χ3v) is 5.46. The van der Waals surface area contributed by atoms with E-state index >= 15 is 0 Å². The molecule has 3 rings (SSSR count). The number of nitrogens with one attached hydrogen (secondary N) is 1. The number of carbonyl (C=O) groups excluding carboxylic acids is 1. The van der Waals surface area contributed by atoms with Gasteiger partial charge in [-0.05, 0) is 61.0 Å². The fraction of sp³-hybridized carbons (Fsp3) is 0.100. The van der Waals surface area contributed by atoms with Crippen molar-refractivity contribution in [3.8, 4) is 0 Å². The minimum absolute atomic E-state index is 0.123. The van der Waals surface area contributed by atoms with Gasteiger partial charge in [0.15, 0.2) is 0 Å². The molecule has 0 aliphatic carbocycles. The molecule has 2 aromatic heterocycles. The number of hydrogen-bond acceptors (Lipinski definition) is 4. The maximum absolute atomic E-state index is 12.0. The first kappa shape index (κ1) is 17.5. The van der Waals surface area contributed by atoms with Gasteiger partial charge in [-0.3, -0.25) is 9.78 Å². The summed E-state index contributed by atoms with van der Waals surface area (Å²) >= 11 is 3.41. The monoisotopic (exact) mass is 366 g/mol. The van der Waals surface area contributed by atoms with Gasteiger partial charge in [-0.2, -0.15) is 0 Å². The molecule has 0 aliphatic heterocycles. The average Bonchev–Trinajstić information content (AvgIpc) is 3.06. The van der Waals surface area contributed by atoms with Crippen LogP contribution in [0.5, 0.6) is 0 Å². The lowest BCUT2D eigenvalue weighted by Crippen LogP contribution is -2.07. The van der Waals surface area contributed by atoms with E-state index < -0.39 is 0 Å². The lowest BCUT2D eigenvalue weighted by molar-refractivity contribution is -0.111. The third kappa shape index (κ3) is 5.59. The molecule has 2 heterocycles. The molecule has 0 spiro atoms. The molecule has 1 N–H and O–H groups in total. The van der Waals surface area contributed by atoms with E-state index in [1.54, 1.807) is 35.4 Å². The smallest absolute Gasteiger partial charge is 0.248 e. The number of aryl methyl sites for hydroxylation is 1. The Morgan fingerprint density at radius 2 is 2.04 bits per heavy atom. The summed E-state index contributed by atoms with van der Waals surface area (Å²) in [6.07, 6.45) is 7.06. The van der Waals surface area contributed by atoms with Crippen LogP contribution in [0, 0.1) is 6.92 Å². The van der Waals surface area contributed by atoms with Gasteiger partial charge >= 0.3 is 0 Å². The highest BCUT2D eigenvalue weighted by atomic mass is 32.2. The molecule has 1 aromatic carbocycles. The average molecular weight is 367 g/mol. The fourth-order valence-corrected chi connectivity index (χ4v) is 3.78. The molecule has 1 amide bonds. The van der Waals surface area contributed by atoms with Gasteiger partial charge in [-0.25, -0.2) is 0 Å². The molecule has 0 saturated heterocycles. The molecule has 0 atom stereocenters. The Balaban J connectivity index is 1.51. The fourth-order valence-electron chi connectivity index (χ4n) is 2.17. The predicted molar refractivity (Wildman–Crippen MR) is 107 cm³/mol. The standard InChI is InChI=1S/C20H18N2OS2/c1-15-4-7-19(25-15)10-11-20(23)22-17-5-8-18(9-6-17)24-14-16-3-2-12-21-13-16/h2-13H,14H2,1H3,(H,22,23)/b11-10+. The first-order valence-corrected chi connectivity index (χ1v) is 9.66. The van der Waals surface area contributed by atoms with E-state index in [9.17, 15) is 4.79 Å². The molecule has 0 unspecified atom stereocenters. The van der Waals surface area contributed by atoms with Crippen LogP contribution < -0.4 is 5.32 Å². The van der Waals surface area contributed by atoms with Crippen LogP contribution in [0.3, 0.4) is 0 Å². The second kappa shape index (κ2) is 8.65. The van der Waals surface area contributed by atoms with Crippen molar-refractivity contribution in [2.45, 2.75) is 17.6 Å². The zero-order valence-electron chi connectivity index (χ0n) is 13.8. The molecule has 5 heteroatoms. The third-order valence-electron chi connectivity index (χ3n) is 3.41. The molecular weight excluding hydrogens is 348 g/mol. The number of rotatable bonds is 6. The molecule has 0 saturated carbocycles. The summed E-state index contributed by atoms with van der Waals surface area (Å²) in [5, 5.41) is 2.88. The van der Waals surface area contributed by atoms with E-state index in [1.165, 1.54) is 10.4 Å². The lowest BCUT2D eigenvalue weighted by Gasteiger charge is -2.05. The molecule has 3 aromatic rings. The number of aromatic nitrogens is 1. The molecule has 0 fully saturated rings. The van der Waals surface area contributed by atoms with Crippen LogP contribution in [0.4, 0.5) is 5.69 Å². The lowest BCUT2D eigenvalue weighted by atomic mass is 10.3. The molecule has 3 nitrogen and oxygen atoms in total. The summed E-state index contributed by atoms with van der Waals surface area (Å²) in [5.74, 6) is 0.754. The van der Waals surface area contributed by atoms with Gasteiger partial charge in [0, 0.05) is 44.6 Å². The second-order valence-electron chi connectivity index (χ2n) is 5.45. The van der Waals surface area contributed by atoms with Gasteiger partial charge in [-0.1, -0.05) is 6.07 Å². The van der Waals surface area contributed by atoms with E-state index in [-0.39, 0.29) is 5.91 Å². The van der Waals surface area contributed by atoms with Crippen molar-refractivity contribution in [2.75, 3.05) is 5.32 Å². The topological polar surface area (TPSA) is 42.0 Å². The van der Waals surface area contributed by atoms with E-state index in [1.807, 2.05) is 54.7 Å². The van der Waals surface area contributed by atoms with Gasteiger partial charge in [0.2, 0.25) is 5.91 Å². The van der Waals surface area contributed by atoms with Crippen molar-refractivity contribution < 1.29 is 4.79 Å². The highest BCUT2D eigenvalue weighted by Crippen LogP contribution is 2.24. The molecule has 0 aliphatic rings. The highest BCUT2D eigenvalue weighted by molar-refractivity contribution is 7.98. The Morgan fingerprint density at radius 1 is 1.20 bits per heavy atom. The van der Waals surface area contributed by atoms with Crippen LogP contribution in [0.1, 0.15) is 15.3 Å². The van der Waals surface area contributed by atoms with Crippen molar-refractivity contribution in [3.05, 3.63) is 82.3 Å². The minimum Gasteiger partial charge on any atom is -0.323 e. The Labute approximate surface area is 155 Å². The quantitative estimate of drug-likeness (QED) is 0.469. The molecule has 0 bridgehead atoms. The largest absolute Gasteiger partial charge is 0.323 e. The van der Waals surface area contributed by atoms with E-state index in [0.29, 0.717) is 0 Å². The molecule has 0 radical (unpaired) electrons. The van der Waals surface area contributed by atoms with Crippen molar-refractivity contribution >= 4 is 40.8 Å². The summed E-state index contributed by atoms with van der Waals surface area (Å²) in [6, 6.07) is 15.9. The van der Waals surface area contributed by atoms with Crippen LogP contribution >= 0.6 is 23.1 Å². The van der Waals surface area contributed by atoms with Gasteiger partial charge in [0.25, 0.3) is 0 Å². The number of carbonyl (C=O) groups is 1. The first-order chi connectivity index (χ1) is 12.2. The summed E-state index contributed by atoms with van der Waals surface area (Å²) < 4.78 is 0. The number of thioether (sulfide) groups is 1. The zero-order chi connectivity index (χ0) is 17.5. The van der Waals surface area contributed by atoms with Gasteiger partial charge in [0.1, 0.15) is 0 Å². The maximum atomic E-state index is 12.0. The van der Waals surface area contributed by atoms with E-state index in [0.717, 1.165) is 21.2 Å². The van der Waals surface area contributed by atoms with Gasteiger partial charge < -0.3 is 5.32 Å². The second-order valence-corrected chi connectivity index (χ2v) is 7.81. The van der Waals surface area contributed by atoms with Gasteiger partial charge in [0.05, 0.1) is 0 Å². The highest BCUT2D eigenvalue weighted by Gasteiger charge is 2.01. The number of thiophene rings is 1. The number of anilines is 1. The maximum Gasteiger partial charge on any atom is 0.248 e. The Morgan fingerprint density at radius 3 is 2.72 bits per heavy atom. The molecule has 25 heavy (non-hydrogen) atoms. The van der Waals surface area contributed by atoms with E-state index in [4.69, 9.17) is 0 Å². The summed E-state index contributed by atoms with van der Waals surface area (Å²) in [5.41, 5.74) is 1.99. The zero-order valence-corrected chi connectivity index (χ0v) is 15.4. The Bertz CT molecular complexity index is 855. The Kier molecular flexibility index (Phi) is 6.04. The molecular formula is C20H18N2OS2. The van der Waals surface area contributed by atoms with Crippen molar-refractivity contribution in [1.82, 2.24) is 4.98 Å². The minimum atomic E-state index is -0.123. The number of benzene rings is 1. The molecule has 126 valence electrons. The number of hydrogen-bond donors (Lipinski definition) is 1. The van der Waals surface area contributed by atoms with Crippen LogP contribution in [-0.4, -0.2) is 10.9 Å². The summed E-state index contributed by atoms with van der Waals surface area (Å²) in [7, 11) is 0. The number of amides is 1. The van der Waals surface area contributed by atoms with Crippen LogP contribution in [-0.2, 0) is 10.5 Å². The number of nitrogens with zero attached hydrogens (tertiary/aromatic N) is 1. The summed E-state index contributed by atoms with van der Waals surface area (Å²) in [6.45, 7) is 2.05. The summed E-state index contributed by atoms with van der Waals surface area (Å²) in [4.78, 5) is 19.6. The van der Waals surface area contributed by atoms with Crippen molar-refractivity contribution in [1.29, 1.82) is 0 Å². The van der Waals surface area contributed by atoms with Gasteiger partial charge in [-0.15, -0.1) is 23.1 Å². The number of pyridine rings is 1. The van der Waals surface area contributed by atoms with Crippen molar-refractivity contribution in [2.24, 2.45) is 0 Å². The van der Waals surface area contributed by atoms with Crippen LogP contribution in [0.2, 0.25) is 0 Å². The normalized spacial score (nSPS) is 10.9. The van der Waals surface area contributed by atoms with E-state index in [2.05, 4.69) is 23.3 Å². The predicted octanol–water partition coefficient (Wildman–Crippen LogP) is 5.40. The van der Waals surface area contributed by atoms with Crippen LogP contribution in [0.25, 0.3) is 6.08 Å². The first-order valence-electron chi connectivity index (χ1n) is 7.86. The van der Waals surface area contributed by atoms with Crippen molar-refractivity contribution in [3.63, 3.8) is 0 Å². The van der Waals surface area contributed by atoms with Crippen LogP contribution in [0.15, 0.2) is 71.9 Å². The SMILES string of the molecule is Cc1ccc(/C=C/C(=O)Nc2ccc(SCc3cccnc3)cc2)s1. The Hall–Kier alpha value is -2.37.